The minimum absolute atomic E-state index is 0.158. The van der Waals surface area contributed by atoms with Gasteiger partial charge in [-0.25, -0.2) is 0 Å². The Kier molecular flexibility index (Phi) is 4.21. The third-order valence-electron chi connectivity index (χ3n) is 2.94. The van der Waals surface area contributed by atoms with E-state index >= 15 is 0 Å². The maximum absolute atomic E-state index is 12.3. The number of hydrogen-bond acceptors (Lipinski definition) is 4. The minimum atomic E-state index is -0.158. The van der Waals surface area contributed by atoms with Gasteiger partial charge in [0.1, 0.15) is 4.88 Å². The fourth-order valence-electron chi connectivity index (χ4n) is 1.95. The van der Waals surface area contributed by atoms with Crippen LogP contribution in [0.1, 0.15) is 14.5 Å². The summed E-state index contributed by atoms with van der Waals surface area (Å²) in [5.41, 5.74) is 6.56. The lowest BCUT2D eigenvalue weighted by Crippen LogP contribution is -2.22. The van der Waals surface area contributed by atoms with Gasteiger partial charge in [0.2, 0.25) is 0 Å². The molecule has 0 atom stereocenters. The number of amides is 1. The van der Waals surface area contributed by atoms with Crippen LogP contribution in [0.15, 0.2) is 34.1 Å². The number of nitrogens with two attached hydrogens (primary N) is 1. The Balaban J connectivity index is 1.82. The van der Waals surface area contributed by atoms with Crippen molar-refractivity contribution in [3.05, 3.63) is 48.9 Å². The van der Waals surface area contributed by atoms with Gasteiger partial charge in [-0.05, 0) is 40.2 Å². The van der Waals surface area contributed by atoms with E-state index in [4.69, 9.17) is 17.3 Å². The molecule has 0 aliphatic heterocycles. The third-order valence-corrected chi connectivity index (χ3v) is 6.06. The van der Waals surface area contributed by atoms with E-state index in [0.717, 1.165) is 19.4 Å². The van der Waals surface area contributed by atoms with E-state index in [2.05, 4.69) is 21.2 Å². The fraction of sp³-hybridized carbons (Fsp3) is 0.0714. The molecule has 0 saturated carbocycles. The van der Waals surface area contributed by atoms with Crippen LogP contribution in [0, 0.1) is 0 Å². The molecule has 0 fully saturated rings. The molecule has 1 aromatic carbocycles. The highest BCUT2D eigenvalue weighted by molar-refractivity contribution is 9.10. The Bertz CT molecular complexity index is 828. The number of benzene rings is 1. The van der Waals surface area contributed by atoms with Crippen LogP contribution in [0.2, 0.25) is 5.02 Å². The summed E-state index contributed by atoms with van der Waals surface area (Å²) in [5, 5.41) is 6.32. The number of carbonyl (C=O) groups excluding carboxylic acids is 1. The van der Waals surface area contributed by atoms with Crippen molar-refractivity contribution in [2.75, 3.05) is 5.73 Å². The van der Waals surface area contributed by atoms with E-state index < -0.39 is 0 Å². The molecule has 0 saturated heterocycles. The first-order chi connectivity index (χ1) is 10.0. The monoisotopic (exact) mass is 400 g/mol. The third kappa shape index (κ3) is 3.08. The lowest BCUT2D eigenvalue weighted by atomic mass is 10.2. The number of rotatable bonds is 3. The first-order valence-electron chi connectivity index (χ1n) is 6.03. The predicted molar refractivity (Wildman–Crippen MR) is 94.4 cm³/mol. The van der Waals surface area contributed by atoms with Crippen LogP contribution in [0.5, 0.6) is 0 Å². The van der Waals surface area contributed by atoms with Crippen molar-refractivity contribution in [1.29, 1.82) is 0 Å². The summed E-state index contributed by atoms with van der Waals surface area (Å²) in [6.07, 6.45) is 0. The molecular weight excluding hydrogens is 392 g/mol. The van der Waals surface area contributed by atoms with Crippen LogP contribution in [0.25, 0.3) is 10.1 Å². The van der Waals surface area contributed by atoms with Crippen molar-refractivity contribution >= 4 is 71.9 Å². The van der Waals surface area contributed by atoms with Crippen LogP contribution < -0.4 is 11.1 Å². The summed E-state index contributed by atoms with van der Waals surface area (Å²) in [7, 11) is 0. The largest absolute Gasteiger partial charge is 0.397 e. The second-order valence-electron chi connectivity index (χ2n) is 4.40. The zero-order valence-corrected chi connectivity index (χ0v) is 14.6. The van der Waals surface area contributed by atoms with E-state index in [1.807, 2.05) is 17.5 Å². The van der Waals surface area contributed by atoms with Crippen molar-refractivity contribution in [3.63, 3.8) is 0 Å². The van der Waals surface area contributed by atoms with E-state index in [9.17, 15) is 4.79 Å². The smallest absolute Gasteiger partial charge is 0.263 e. The van der Waals surface area contributed by atoms with E-state index in [-0.39, 0.29) is 5.91 Å². The van der Waals surface area contributed by atoms with Crippen molar-refractivity contribution < 1.29 is 4.79 Å². The summed E-state index contributed by atoms with van der Waals surface area (Å²) in [6.45, 7) is 0.490. The maximum Gasteiger partial charge on any atom is 0.263 e. The molecule has 7 heteroatoms. The molecule has 2 aromatic heterocycles. The number of thiophene rings is 2. The summed E-state index contributed by atoms with van der Waals surface area (Å²) in [4.78, 5) is 13.9. The van der Waals surface area contributed by atoms with Gasteiger partial charge >= 0.3 is 0 Å². The number of halogens is 2. The second kappa shape index (κ2) is 5.96. The maximum atomic E-state index is 12.3. The summed E-state index contributed by atoms with van der Waals surface area (Å²) in [6, 6.07) is 7.45. The number of carbonyl (C=O) groups is 1. The van der Waals surface area contributed by atoms with Crippen molar-refractivity contribution in [1.82, 2.24) is 5.32 Å². The predicted octanol–water partition coefficient (Wildman–Crippen LogP) is 4.89. The number of fused-ring (bicyclic) bond motifs is 1. The zero-order chi connectivity index (χ0) is 15.0. The Labute approximate surface area is 142 Å². The second-order valence-corrected chi connectivity index (χ2v) is 7.80. The van der Waals surface area contributed by atoms with E-state index in [1.54, 1.807) is 23.5 Å². The number of nitrogens with one attached hydrogen (secondary N) is 1. The Morgan fingerprint density at radius 1 is 1.38 bits per heavy atom. The molecule has 0 aliphatic carbocycles. The van der Waals surface area contributed by atoms with Gasteiger partial charge in [-0.1, -0.05) is 11.6 Å². The average molecular weight is 402 g/mol. The van der Waals surface area contributed by atoms with Crippen molar-refractivity contribution in [3.8, 4) is 0 Å². The zero-order valence-electron chi connectivity index (χ0n) is 10.7. The van der Waals surface area contributed by atoms with Gasteiger partial charge in [0.05, 0.1) is 12.2 Å². The first-order valence-corrected chi connectivity index (χ1v) is 8.90. The molecule has 0 aliphatic rings. The normalized spacial score (nSPS) is 11.0. The Morgan fingerprint density at radius 3 is 2.90 bits per heavy atom. The van der Waals surface area contributed by atoms with Gasteiger partial charge < -0.3 is 11.1 Å². The van der Waals surface area contributed by atoms with Crippen LogP contribution in [-0.4, -0.2) is 5.91 Å². The Hall–Kier alpha value is -1.08. The summed E-state index contributed by atoms with van der Waals surface area (Å²) in [5.74, 6) is -0.158. The van der Waals surface area contributed by atoms with Gasteiger partial charge in [0.15, 0.2) is 0 Å². The molecule has 3 nitrogen and oxygen atoms in total. The SMILES string of the molecule is Nc1c(C(=O)NCc2cc(Br)cs2)sc2ccc(Cl)cc12. The molecule has 3 N–H and O–H groups in total. The molecule has 108 valence electrons. The average Bonchev–Trinajstić information content (AvgIpc) is 3.01. The Morgan fingerprint density at radius 2 is 2.19 bits per heavy atom. The number of nitrogen functional groups attached to an aromatic ring is 1. The van der Waals surface area contributed by atoms with Gasteiger partial charge in [0.25, 0.3) is 5.91 Å². The molecule has 0 bridgehead atoms. The van der Waals surface area contributed by atoms with Crippen molar-refractivity contribution in [2.24, 2.45) is 0 Å². The standard InChI is InChI=1S/C14H10BrClN2OS2/c15-7-3-9(20-6-7)5-18-14(19)13-12(17)10-4-8(16)1-2-11(10)21-13/h1-4,6H,5,17H2,(H,18,19). The highest BCUT2D eigenvalue weighted by Crippen LogP contribution is 2.35. The number of hydrogen-bond donors (Lipinski definition) is 2. The number of anilines is 1. The van der Waals surface area contributed by atoms with Crippen LogP contribution >= 0.6 is 50.2 Å². The van der Waals surface area contributed by atoms with Gasteiger partial charge in [-0.2, -0.15) is 0 Å². The highest BCUT2D eigenvalue weighted by atomic mass is 79.9. The van der Waals surface area contributed by atoms with Crippen LogP contribution in [-0.2, 0) is 6.54 Å². The molecule has 3 aromatic rings. The first kappa shape index (κ1) is 14.8. The van der Waals surface area contributed by atoms with E-state index in [0.29, 0.717) is 22.1 Å². The molecular formula is C14H10BrClN2OS2. The van der Waals surface area contributed by atoms with Gasteiger partial charge in [-0.3, -0.25) is 4.79 Å². The molecule has 2 heterocycles. The van der Waals surface area contributed by atoms with Crippen molar-refractivity contribution in [2.45, 2.75) is 6.54 Å². The lowest BCUT2D eigenvalue weighted by Gasteiger charge is -2.02. The topological polar surface area (TPSA) is 55.1 Å². The van der Waals surface area contributed by atoms with E-state index in [1.165, 1.54) is 11.3 Å². The van der Waals surface area contributed by atoms with Crippen LogP contribution in [0.3, 0.4) is 0 Å². The molecule has 0 spiro atoms. The molecule has 1 amide bonds. The highest BCUT2D eigenvalue weighted by Gasteiger charge is 2.16. The minimum Gasteiger partial charge on any atom is -0.397 e. The summed E-state index contributed by atoms with van der Waals surface area (Å²) >= 11 is 12.3. The summed E-state index contributed by atoms with van der Waals surface area (Å²) < 4.78 is 1.98. The molecule has 0 unspecified atom stereocenters. The molecule has 0 radical (unpaired) electrons. The molecule has 3 rings (SSSR count). The molecule has 21 heavy (non-hydrogen) atoms. The lowest BCUT2D eigenvalue weighted by molar-refractivity contribution is 0.0956. The quantitative estimate of drug-likeness (QED) is 0.656. The van der Waals surface area contributed by atoms with Gasteiger partial charge in [-0.15, -0.1) is 22.7 Å². The van der Waals surface area contributed by atoms with Crippen LogP contribution in [0.4, 0.5) is 5.69 Å². The van der Waals surface area contributed by atoms with Gasteiger partial charge in [0, 0.05) is 29.8 Å². The fourth-order valence-corrected chi connectivity index (χ4v) is 4.53.